The van der Waals surface area contributed by atoms with Gasteiger partial charge in [-0.15, -0.1) is 0 Å². The van der Waals surface area contributed by atoms with Crippen LogP contribution in [0, 0.1) is 0 Å². The molecular weight excluding hydrogens is 328 g/mol. The molecule has 4 nitrogen and oxygen atoms in total. The number of hydrogen-bond donors (Lipinski definition) is 0. The first-order chi connectivity index (χ1) is 12.7. The fraction of sp³-hybridized carbons (Fsp3) is 0.182. The monoisotopic (exact) mass is 350 g/mol. The van der Waals surface area contributed by atoms with E-state index in [2.05, 4.69) is 12.2 Å². The van der Waals surface area contributed by atoms with E-state index in [4.69, 9.17) is 18.9 Å². The summed E-state index contributed by atoms with van der Waals surface area (Å²) in [7, 11) is 6.54. The molecule has 2 aromatic carbocycles. The van der Waals surface area contributed by atoms with Gasteiger partial charge in [-0.05, 0) is 46.5 Å². The van der Waals surface area contributed by atoms with Crippen molar-refractivity contribution in [1.82, 2.24) is 0 Å². The highest BCUT2D eigenvalue weighted by atomic mass is 16.5. The van der Waals surface area contributed by atoms with Gasteiger partial charge in [0.05, 0.1) is 28.4 Å². The van der Waals surface area contributed by atoms with Crippen LogP contribution in [0.2, 0.25) is 0 Å². The summed E-state index contributed by atoms with van der Waals surface area (Å²) in [5, 5.41) is 0. The molecule has 0 radical (unpaired) electrons. The SMILES string of the molecule is COc1ccc(C(=C2C=CC=C2)c2ccc(OC)c(OC)c2)cc1OC. The molecule has 0 heterocycles. The topological polar surface area (TPSA) is 36.9 Å². The summed E-state index contributed by atoms with van der Waals surface area (Å²) in [6.07, 6.45) is 8.22. The fourth-order valence-corrected chi connectivity index (χ4v) is 3.02. The van der Waals surface area contributed by atoms with Gasteiger partial charge in [0, 0.05) is 0 Å². The van der Waals surface area contributed by atoms with Gasteiger partial charge in [0.1, 0.15) is 0 Å². The van der Waals surface area contributed by atoms with Crippen LogP contribution in [0.4, 0.5) is 0 Å². The summed E-state index contributed by atoms with van der Waals surface area (Å²) in [6.45, 7) is 0. The third-order valence-electron chi connectivity index (χ3n) is 4.30. The van der Waals surface area contributed by atoms with Crippen LogP contribution < -0.4 is 18.9 Å². The molecule has 134 valence electrons. The van der Waals surface area contributed by atoms with E-state index in [0.717, 1.165) is 22.3 Å². The van der Waals surface area contributed by atoms with Crippen LogP contribution in [-0.2, 0) is 0 Å². The molecule has 1 aliphatic rings. The van der Waals surface area contributed by atoms with E-state index in [-0.39, 0.29) is 0 Å². The number of rotatable bonds is 6. The Morgan fingerprint density at radius 3 is 1.38 bits per heavy atom. The van der Waals surface area contributed by atoms with Crippen molar-refractivity contribution in [2.75, 3.05) is 28.4 Å². The molecule has 4 heteroatoms. The van der Waals surface area contributed by atoms with E-state index in [9.17, 15) is 0 Å². The zero-order chi connectivity index (χ0) is 18.5. The Balaban J connectivity index is 2.19. The first kappa shape index (κ1) is 17.7. The molecular formula is C22H22O4. The van der Waals surface area contributed by atoms with Crippen LogP contribution in [0.15, 0.2) is 66.3 Å². The van der Waals surface area contributed by atoms with E-state index in [1.165, 1.54) is 0 Å². The lowest BCUT2D eigenvalue weighted by Crippen LogP contribution is -1.97. The highest BCUT2D eigenvalue weighted by Crippen LogP contribution is 2.38. The number of methoxy groups -OCH3 is 4. The van der Waals surface area contributed by atoms with Crippen molar-refractivity contribution < 1.29 is 18.9 Å². The van der Waals surface area contributed by atoms with Crippen molar-refractivity contribution in [1.29, 1.82) is 0 Å². The molecule has 0 spiro atoms. The summed E-state index contributed by atoms with van der Waals surface area (Å²) in [4.78, 5) is 0. The average molecular weight is 350 g/mol. The van der Waals surface area contributed by atoms with Gasteiger partial charge in [-0.1, -0.05) is 36.4 Å². The van der Waals surface area contributed by atoms with Crippen LogP contribution in [0.3, 0.4) is 0 Å². The lowest BCUT2D eigenvalue weighted by Gasteiger charge is -2.16. The van der Waals surface area contributed by atoms with Gasteiger partial charge >= 0.3 is 0 Å². The van der Waals surface area contributed by atoms with Gasteiger partial charge in [0.25, 0.3) is 0 Å². The van der Waals surface area contributed by atoms with Crippen LogP contribution >= 0.6 is 0 Å². The molecule has 0 fully saturated rings. The van der Waals surface area contributed by atoms with Crippen molar-refractivity contribution in [2.45, 2.75) is 0 Å². The molecule has 2 aromatic rings. The molecule has 0 atom stereocenters. The minimum atomic E-state index is 0.689. The molecule has 0 aromatic heterocycles. The highest BCUT2D eigenvalue weighted by molar-refractivity contribution is 5.87. The molecule has 0 aliphatic heterocycles. The molecule has 0 bridgehead atoms. The first-order valence-corrected chi connectivity index (χ1v) is 8.25. The van der Waals surface area contributed by atoms with E-state index in [1.54, 1.807) is 28.4 Å². The molecule has 1 aliphatic carbocycles. The Hall–Kier alpha value is -3.14. The Labute approximate surface area is 154 Å². The van der Waals surface area contributed by atoms with Gasteiger partial charge in [-0.25, -0.2) is 0 Å². The molecule has 0 saturated carbocycles. The summed E-state index contributed by atoms with van der Waals surface area (Å²) >= 11 is 0. The minimum absolute atomic E-state index is 0.689. The zero-order valence-electron chi connectivity index (χ0n) is 15.4. The standard InChI is InChI=1S/C22H22O4/c1-23-18-11-9-16(13-20(18)25-3)22(15-7-5-6-8-15)17-10-12-19(24-2)21(14-17)26-4/h5-14H,1-4H3. The zero-order valence-corrected chi connectivity index (χ0v) is 15.4. The van der Waals surface area contributed by atoms with Gasteiger partial charge in [-0.2, -0.15) is 0 Å². The minimum Gasteiger partial charge on any atom is -0.493 e. The van der Waals surface area contributed by atoms with Crippen LogP contribution in [0.5, 0.6) is 23.0 Å². The highest BCUT2D eigenvalue weighted by Gasteiger charge is 2.16. The van der Waals surface area contributed by atoms with Gasteiger partial charge in [-0.3, -0.25) is 0 Å². The van der Waals surface area contributed by atoms with Crippen molar-refractivity contribution >= 4 is 5.57 Å². The number of allylic oxidation sites excluding steroid dienone is 5. The molecule has 0 saturated heterocycles. The van der Waals surface area contributed by atoms with Crippen LogP contribution in [0.25, 0.3) is 5.57 Å². The van der Waals surface area contributed by atoms with Crippen LogP contribution in [-0.4, -0.2) is 28.4 Å². The number of ether oxygens (including phenoxy) is 4. The molecule has 0 amide bonds. The van der Waals surface area contributed by atoms with E-state index < -0.39 is 0 Å². The predicted molar refractivity (Wildman–Crippen MR) is 103 cm³/mol. The van der Waals surface area contributed by atoms with E-state index in [1.807, 2.05) is 48.6 Å². The summed E-state index contributed by atoms with van der Waals surface area (Å²) < 4.78 is 21.7. The Morgan fingerprint density at radius 1 is 0.577 bits per heavy atom. The number of hydrogen-bond acceptors (Lipinski definition) is 4. The maximum Gasteiger partial charge on any atom is 0.161 e. The molecule has 0 N–H and O–H groups in total. The van der Waals surface area contributed by atoms with Crippen molar-refractivity contribution in [2.24, 2.45) is 0 Å². The maximum absolute atomic E-state index is 5.48. The first-order valence-electron chi connectivity index (χ1n) is 8.25. The van der Waals surface area contributed by atoms with E-state index >= 15 is 0 Å². The Bertz CT molecular complexity index is 820. The number of benzene rings is 2. The second kappa shape index (κ2) is 7.83. The summed E-state index contributed by atoms with van der Waals surface area (Å²) in [6, 6.07) is 11.9. The van der Waals surface area contributed by atoms with Crippen molar-refractivity contribution in [3.8, 4) is 23.0 Å². The third kappa shape index (κ3) is 3.31. The van der Waals surface area contributed by atoms with E-state index in [0.29, 0.717) is 23.0 Å². The summed E-state index contributed by atoms with van der Waals surface area (Å²) in [5.74, 6) is 2.78. The Morgan fingerprint density at radius 2 is 1.00 bits per heavy atom. The maximum atomic E-state index is 5.48. The second-order valence-corrected chi connectivity index (χ2v) is 5.69. The lowest BCUT2D eigenvalue weighted by molar-refractivity contribution is 0.354. The van der Waals surface area contributed by atoms with Gasteiger partial charge in [0.2, 0.25) is 0 Å². The Kier molecular flexibility index (Phi) is 5.32. The second-order valence-electron chi connectivity index (χ2n) is 5.69. The van der Waals surface area contributed by atoms with Crippen LogP contribution in [0.1, 0.15) is 11.1 Å². The van der Waals surface area contributed by atoms with Gasteiger partial charge < -0.3 is 18.9 Å². The fourth-order valence-electron chi connectivity index (χ4n) is 3.02. The molecule has 3 rings (SSSR count). The molecule has 0 unspecified atom stereocenters. The quantitative estimate of drug-likeness (QED) is 0.760. The molecule has 26 heavy (non-hydrogen) atoms. The third-order valence-corrected chi connectivity index (χ3v) is 4.30. The predicted octanol–water partition coefficient (Wildman–Crippen LogP) is 4.65. The van der Waals surface area contributed by atoms with Gasteiger partial charge in [0.15, 0.2) is 23.0 Å². The summed E-state index contributed by atoms with van der Waals surface area (Å²) in [5.41, 5.74) is 4.25. The average Bonchev–Trinajstić information content (AvgIpc) is 3.22. The smallest absolute Gasteiger partial charge is 0.161 e. The van der Waals surface area contributed by atoms with Crippen molar-refractivity contribution in [3.05, 3.63) is 77.4 Å². The normalized spacial score (nSPS) is 12.2. The van der Waals surface area contributed by atoms with Crippen molar-refractivity contribution in [3.63, 3.8) is 0 Å². The largest absolute Gasteiger partial charge is 0.493 e. The lowest BCUT2D eigenvalue weighted by atomic mass is 9.92.